The van der Waals surface area contributed by atoms with E-state index >= 15 is 0 Å². The normalized spacial score (nSPS) is 14.4. The van der Waals surface area contributed by atoms with E-state index in [4.69, 9.17) is 5.53 Å². The molecule has 10 heteroatoms. The summed E-state index contributed by atoms with van der Waals surface area (Å²) in [5, 5.41) is 3.03. The molecule has 0 saturated carbocycles. The fourth-order valence-corrected chi connectivity index (χ4v) is 1.24. The van der Waals surface area contributed by atoms with Gasteiger partial charge in [0.25, 0.3) is 0 Å². The summed E-state index contributed by atoms with van der Waals surface area (Å²) in [7, 11) is -5.57. The highest BCUT2D eigenvalue weighted by atomic mass is 32.2. The van der Waals surface area contributed by atoms with Gasteiger partial charge in [-0.25, -0.2) is 0 Å². The molecule has 0 unspecified atom stereocenters. The van der Waals surface area contributed by atoms with Crippen molar-refractivity contribution in [2.45, 2.75) is 25.0 Å². The highest BCUT2D eigenvalue weighted by molar-refractivity contribution is 7.87. The third-order valence-electron chi connectivity index (χ3n) is 1.27. The Hall–Kier alpha value is -0.990. The van der Waals surface area contributed by atoms with Crippen molar-refractivity contribution in [1.82, 2.24) is 0 Å². The van der Waals surface area contributed by atoms with E-state index < -0.39 is 21.7 Å². The summed E-state index contributed by atoms with van der Waals surface area (Å²) in [6, 6.07) is 0. The molecule has 0 fully saturated rings. The molecule has 0 amide bonds. The summed E-state index contributed by atoms with van der Waals surface area (Å²) in [4.78, 5) is 2.35. The van der Waals surface area contributed by atoms with E-state index in [2.05, 4.69) is 14.2 Å². The summed E-state index contributed by atoms with van der Waals surface area (Å²) in [5.41, 5.74) is 2.43. The average molecular weight is 247 g/mol. The molecule has 0 aliphatic rings. The second kappa shape index (κ2) is 5.19. The van der Waals surface area contributed by atoms with Crippen molar-refractivity contribution >= 4 is 10.1 Å². The molecule has 1 atom stereocenters. The summed E-state index contributed by atoms with van der Waals surface area (Å²) >= 11 is 0. The highest BCUT2D eigenvalue weighted by Gasteiger charge is 2.48. The van der Waals surface area contributed by atoms with E-state index in [0.717, 1.165) is 6.92 Å². The summed E-state index contributed by atoms with van der Waals surface area (Å²) < 4.78 is 60.1. The first-order valence-electron chi connectivity index (χ1n) is 3.71. The van der Waals surface area contributed by atoms with Gasteiger partial charge < -0.3 is 0 Å². The van der Waals surface area contributed by atoms with Gasteiger partial charge in [-0.3, -0.25) is 4.18 Å². The van der Waals surface area contributed by atoms with Crippen molar-refractivity contribution in [3.8, 4) is 0 Å². The number of alkyl halides is 3. The zero-order chi connectivity index (χ0) is 12.1. The maximum atomic E-state index is 11.8. The van der Waals surface area contributed by atoms with Crippen LogP contribution < -0.4 is 0 Å². The van der Waals surface area contributed by atoms with Gasteiger partial charge in [0.1, 0.15) is 0 Å². The number of nitrogens with zero attached hydrogens (tertiary/aromatic N) is 3. The lowest BCUT2D eigenvalue weighted by Crippen LogP contribution is -2.29. The van der Waals surface area contributed by atoms with Crippen molar-refractivity contribution in [3.05, 3.63) is 10.4 Å². The van der Waals surface area contributed by atoms with Crippen LogP contribution in [-0.2, 0) is 14.3 Å². The first kappa shape index (κ1) is 14.0. The van der Waals surface area contributed by atoms with Gasteiger partial charge in [0.05, 0.1) is 6.10 Å². The molecule has 0 rings (SSSR count). The lowest BCUT2D eigenvalue weighted by Gasteiger charge is -2.13. The zero-order valence-corrected chi connectivity index (χ0v) is 8.42. The van der Waals surface area contributed by atoms with Gasteiger partial charge in [-0.15, -0.1) is 0 Å². The summed E-state index contributed by atoms with van der Waals surface area (Å²) in [6.45, 7) is 1.00. The molecular formula is C5H8F3N3O3S. The molecule has 0 radical (unpaired) electrons. The van der Waals surface area contributed by atoms with E-state index in [1.165, 1.54) is 0 Å². The Morgan fingerprint density at radius 3 is 2.47 bits per heavy atom. The largest absolute Gasteiger partial charge is 0.523 e. The maximum absolute atomic E-state index is 11.8. The lowest BCUT2D eigenvalue weighted by atomic mass is 10.3. The van der Waals surface area contributed by atoms with Crippen molar-refractivity contribution < 1.29 is 25.8 Å². The molecule has 0 aromatic rings. The van der Waals surface area contributed by atoms with Crippen LogP contribution in [0.2, 0.25) is 0 Å². The number of rotatable bonds is 5. The number of hydrogen-bond acceptors (Lipinski definition) is 4. The molecule has 0 spiro atoms. The fourth-order valence-electron chi connectivity index (χ4n) is 0.603. The van der Waals surface area contributed by atoms with Crippen molar-refractivity contribution in [2.24, 2.45) is 5.11 Å². The van der Waals surface area contributed by atoms with Crippen molar-refractivity contribution in [3.63, 3.8) is 0 Å². The minimum Gasteiger partial charge on any atom is -0.260 e. The van der Waals surface area contributed by atoms with E-state index in [9.17, 15) is 21.6 Å². The Bertz CT molecular complexity index is 346. The van der Waals surface area contributed by atoms with Crippen LogP contribution in [-0.4, -0.2) is 26.6 Å². The molecular weight excluding hydrogens is 239 g/mol. The average Bonchev–Trinajstić information content (AvgIpc) is 2.01. The predicted octanol–water partition coefficient (Wildman–Crippen LogP) is 1.94. The van der Waals surface area contributed by atoms with E-state index in [1.807, 2.05) is 0 Å². The lowest BCUT2D eigenvalue weighted by molar-refractivity contribution is -0.0569. The minimum absolute atomic E-state index is 0.112. The second-order valence-corrected chi connectivity index (χ2v) is 4.11. The van der Waals surface area contributed by atoms with E-state index in [0.29, 0.717) is 0 Å². The third-order valence-corrected chi connectivity index (χ3v) is 2.42. The monoisotopic (exact) mass is 247 g/mol. The van der Waals surface area contributed by atoms with Crippen molar-refractivity contribution in [2.75, 3.05) is 6.54 Å². The topological polar surface area (TPSA) is 92.1 Å². The van der Waals surface area contributed by atoms with Crippen LogP contribution in [0.5, 0.6) is 0 Å². The van der Waals surface area contributed by atoms with Crippen molar-refractivity contribution in [1.29, 1.82) is 0 Å². The minimum atomic E-state index is -5.57. The predicted molar refractivity (Wildman–Crippen MR) is 44.2 cm³/mol. The van der Waals surface area contributed by atoms with Crippen LogP contribution in [0.15, 0.2) is 5.11 Å². The van der Waals surface area contributed by atoms with Crippen LogP contribution >= 0.6 is 0 Å². The fraction of sp³-hybridized carbons (Fsp3) is 1.00. The summed E-state index contributed by atoms with van der Waals surface area (Å²) in [6.07, 6.45) is -1.30. The van der Waals surface area contributed by atoms with Crippen LogP contribution in [0.25, 0.3) is 10.4 Å². The Morgan fingerprint density at radius 2 is 2.07 bits per heavy atom. The smallest absolute Gasteiger partial charge is 0.260 e. The van der Waals surface area contributed by atoms with Gasteiger partial charge in [-0.1, -0.05) is 5.11 Å². The molecule has 0 aliphatic heterocycles. The zero-order valence-electron chi connectivity index (χ0n) is 7.60. The Labute approximate surface area is 83.8 Å². The Balaban J connectivity index is 4.29. The molecule has 15 heavy (non-hydrogen) atoms. The van der Waals surface area contributed by atoms with Gasteiger partial charge >= 0.3 is 15.6 Å². The van der Waals surface area contributed by atoms with Gasteiger partial charge in [0.2, 0.25) is 0 Å². The Morgan fingerprint density at radius 1 is 1.53 bits per heavy atom. The van der Waals surface area contributed by atoms with Crippen LogP contribution in [0, 0.1) is 0 Å². The molecule has 0 bridgehead atoms. The highest BCUT2D eigenvalue weighted by Crippen LogP contribution is 2.26. The van der Waals surface area contributed by atoms with Crippen LogP contribution in [0.3, 0.4) is 0 Å². The molecule has 0 aliphatic carbocycles. The molecule has 0 N–H and O–H groups in total. The summed E-state index contributed by atoms with van der Waals surface area (Å²) in [5.74, 6) is 0. The molecule has 0 aromatic carbocycles. The molecule has 0 heterocycles. The first-order chi connectivity index (χ1) is 6.70. The standard InChI is InChI=1S/C5H8F3N3O3S/c1-4(2-3-10-11-9)14-15(12,13)5(6,7)8/h4H,2-3H2,1H3/t4-/m1/s1. The van der Waals surface area contributed by atoms with Crippen LogP contribution in [0.4, 0.5) is 13.2 Å². The second-order valence-electron chi connectivity index (χ2n) is 2.55. The maximum Gasteiger partial charge on any atom is 0.523 e. The van der Waals surface area contributed by atoms with E-state index in [1.54, 1.807) is 0 Å². The van der Waals surface area contributed by atoms with Gasteiger partial charge in [0.15, 0.2) is 0 Å². The third kappa shape index (κ3) is 4.86. The van der Waals surface area contributed by atoms with Gasteiger partial charge in [-0.05, 0) is 18.9 Å². The molecule has 0 aromatic heterocycles. The van der Waals surface area contributed by atoms with Gasteiger partial charge in [0, 0.05) is 11.5 Å². The van der Waals surface area contributed by atoms with Gasteiger partial charge in [-0.2, -0.15) is 21.6 Å². The quantitative estimate of drug-likeness (QED) is 0.244. The number of halogens is 3. The SMILES string of the molecule is C[C@H](CCN=[N+]=[N-])OS(=O)(=O)C(F)(F)F. The van der Waals surface area contributed by atoms with E-state index in [-0.39, 0.29) is 13.0 Å². The molecule has 88 valence electrons. The molecule has 0 saturated heterocycles. The van der Waals surface area contributed by atoms with Crippen LogP contribution in [0.1, 0.15) is 13.3 Å². The Kier molecular flexibility index (Phi) is 4.85. The number of hydrogen-bond donors (Lipinski definition) is 0. The first-order valence-corrected chi connectivity index (χ1v) is 5.12. The molecule has 6 nitrogen and oxygen atoms in total. The number of azide groups is 1.